The van der Waals surface area contributed by atoms with Crippen LogP contribution in [-0.4, -0.2) is 19.3 Å². The van der Waals surface area contributed by atoms with Gasteiger partial charge in [-0.25, -0.2) is 0 Å². The summed E-state index contributed by atoms with van der Waals surface area (Å²) in [6.07, 6.45) is 5.12. The van der Waals surface area contributed by atoms with Crippen LogP contribution in [-0.2, 0) is 4.74 Å². The third kappa shape index (κ3) is 8.26. The summed E-state index contributed by atoms with van der Waals surface area (Å²) in [5.41, 5.74) is 5.60. The lowest BCUT2D eigenvalue weighted by molar-refractivity contribution is 0.0866. The van der Waals surface area contributed by atoms with E-state index in [-0.39, 0.29) is 6.04 Å². The predicted octanol–water partition coefficient (Wildman–Crippen LogP) is 2.57. The summed E-state index contributed by atoms with van der Waals surface area (Å²) in [6, 6.07) is 0.170. The summed E-state index contributed by atoms with van der Waals surface area (Å²) in [5, 5.41) is 0. The highest BCUT2D eigenvalue weighted by molar-refractivity contribution is 4.57. The summed E-state index contributed by atoms with van der Waals surface area (Å²) < 4.78 is 5.52. The van der Waals surface area contributed by atoms with Crippen LogP contribution in [0.25, 0.3) is 0 Å². The lowest BCUT2D eigenvalue weighted by Gasteiger charge is -2.15. The fraction of sp³-hybridized carbons (Fsp3) is 1.00. The average molecular weight is 187 g/mol. The Morgan fingerprint density at radius 2 is 1.92 bits per heavy atom. The molecule has 0 radical (unpaired) electrons. The van der Waals surface area contributed by atoms with Crippen LogP contribution in [0.3, 0.4) is 0 Å². The molecule has 0 rings (SSSR count). The SMILES string of the molecule is CCCCC(CC)COCC(C)N. The lowest BCUT2D eigenvalue weighted by Crippen LogP contribution is -2.23. The van der Waals surface area contributed by atoms with Crippen LogP contribution in [0.4, 0.5) is 0 Å². The van der Waals surface area contributed by atoms with Crippen molar-refractivity contribution < 1.29 is 4.74 Å². The van der Waals surface area contributed by atoms with E-state index in [0.717, 1.165) is 12.5 Å². The Bertz CT molecular complexity index is 104. The van der Waals surface area contributed by atoms with E-state index in [9.17, 15) is 0 Å². The number of nitrogens with two attached hydrogens (primary N) is 1. The maximum atomic E-state index is 5.60. The second-order valence-corrected chi connectivity index (χ2v) is 3.93. The van der Waals surface area contributed by atoms with Gasteiger partial charge in [0.2, 0.25) is 0 Å². The van der Waals surface area contributed by atoms with E-state index in [2.05, 4.69) is 13.8 Å². The highest BCUT2D eigenvalue weighted by Crippen LogP contribution is 2.12. The van der Waals surface area contributed by atoms with E-state index >= 15 is 0 Å². The van der Waals surface area contributed by atoms with Crippen molar-refractivity contribution in [3.8, 4) is 0 Å². The monoisotopic (exact) mass is 187 g/mol. The van der Waals surface area contributed by atoms with Crippen molar-refractivity contribution in [1.82, 2.24) is 0 Å². The van der Waals surface area contributed by atoms with Crippen molar-refractivity contribution in [2.24, 2.45) is 11.7 Å². The molecule has 0 aromatic heterocycles. The molecule has 0 bridgehead atoms. The maximum absolute atomic E-state index is 5.60. The van der Waals surface area contributed by atoms with Gasteiger partial charge < -0.3 is 10.5 Å². The number of rotatable bonds is 8. The third-order valence-electron chi connectivity index (χ3n) is 2.28. The normalized spacial score (nSPS) is 15.7. The van der Waals surface area contributed by atoms with Gasteiger partial charge in [0.05, 0.1) is 6.61 Å². The molecule has 2 atom stereocenters. The number of ether oxygens (including phenoxy) is 1. The first-order chi connectivity index (χ1) is 6.20. The van der Waals surface area contributed by atoms with E-state index in [4.69, 9.17) is 10.5 Å². The van der Waals surface area contributed by atoms with Gasteiger partial charge in [0.15, 0.2) is 0 Å². The Kier molecular flexibility index (Phi) is 8.46. The van der Waals surface area contributed by atoms with E-state index in [0.29, 0.717) is 6.61 Å². The zero-order chi connectivity index (χ0) is 10.1. The Morgan fingerprint density at radius 3 is 2.38 bits per heavy atom. The van der Waals surface area contributed by atoms with Gasteiger partial charge >= 0.3 is 0 Å². The smallest absolute Gasteiger partial charge is 0.0614 e. The van der Waals surface area contributed by atoms with E-state index in [1.54, 1.807) is 0 Å². The molecule has 80 valence electrons. The topological polar surface area (TPSA) is 35.2 Å². The predicted molar refractivity (Wildman–Crippen MR) is 57.8 cm³/mol. The number of unbranched alkanes of at least 4 members (excludes halogenated alkanes) is 1. The van der Waals surface area contributed by atoms with Crippen LogP contribution >= 0.6 is 0 Å². The molecule has 0 aromatic rings. The Balaban J connectivity index is 3.36. The first kappa shape index (κ1) is 12.9. The Morgan fingerprint density at radius 1 is 1.23 bits per heavy atom. The number of hydrogen-bond donors (Lipinski definition) is 1. The molecule has 0 aliphatic heterocycles. The highest BCUT2D eigenvalue weighted by atomic mass is 16.5. The molecule has 2 N–H and O–H groups in total. The molecule has 0 saturated heterocycles. The van der Waals surface area contributed by atoms with Crippen molar-refractivity contribution in [3.05, 3.63) is 0 Å². The van der Waals surface area contributed by atoms with Crippen LogP contribution in [0.5, 0.6) is 0 Å². The Hall–Kier alpha value is -0.0800. The second kappa shape index (κ2) is 8.52. The first-order valence-corrected chi connectivity index (χ1v) is 5.54. The maximum Gasteiger partial charge on any atom is 0.0614 e. The van der Waals surface area contributed by atoms with Crippen molar-refractivity contribution in [1.29, 1.82) is 0 Å². The van der Waals surface area contributed by atoms with Crippen molar-refractivity contribution >= 4 is 0 Å². The zero-order valence-corrected chi connectivity index (χ0v) is 9.38. The molecule has 13 heavy (non-hydrogen) atoms. The average Bonchev–Trinajstić information content (AvgIpc) is 2.10. The minimum atomic E-state index is 0.170. The molecule has 0 amide bonds. The minimum Gasteiger partial charge on any atom is -0.380 e. The van der Waals surface area contributed by atoms with Gasteiger partial charge in [0.25, 0.3) is 0 Å². The zero-order valence-electron chi connectivity index (χ0n) is 9.38. The molecule has 0 aliphatic rings. The van der Waals surface area contributed by atoms with E-state index < -0.39 is 0 Å². The number of hydrogen-bond acceptors (Lipinski definition) is 2. The van der Waals surface area contributed by atoms with Gasteiger partial charge in [0.1, 0.15) is 0 Å². The van der Waals surface area contributed by atoms with Gasteiger partial charge in [0, 0.05) is 12.6 Å². The van der Waals surface area contributed by atoms with Crippen LogP contribution < -0.4 is 5.73 Å². The van der Waals surface area contributed by atoms with Gasteiger partial charge in [-0.15, -0.1) is 0 Å². The van der Waals surface area contributed by atoms with Gasteiger partial charge in [-0.3, -0.25) is 0 Å². The molecule has 0 fully saturated rings. The molecular formula is C11H25NO. The fourth-order valence-electron chi connectivity index (χ4n) is 1.32. The molecule has 0 aliphatic carbocycles. The molecule has 0 saturated carbocycles. The summed E-state index contributed by atoms with van der Waals surface area (Å²) >= 11 is 0. The fourth-order valence-corrected chi connectivity index (χ4v) is 1.32. The van der Waals surface area contributed by atoms with Crippen molar-refractivity contribution in [3.63, 3.8) is 0 Å². The molecule has 0 aromatic carbocycles. The molecule has 0 spiro atoms. The second-order valence-electron chi connectivity index (χ2n) is 3.93. The third-order valence-corrected chi connectivity index (χ3v) is 2.28. The molecule has 2 nitrogen and oxygen atoms in total. The lowest BCUT2D eigenvalue weighted by atomic mass is 10.0. The minimum absolute atomic E-state index is 0.170. The van der Waals surface area contributed by atoms with Crippen molar-refractivity contribution in [2.45, 2.75) is 52.5 Å². The quantitative estimate of drug-likeness (QED) is 0.634. The molecule has 0 heterocycles. The molecule has 2 unspecified atom stereocenters. The van der Waals surface area contributed by atoms with E-state index in [1.807, 2.05) is 6.92 Å². The highest BCUT2D eigenvalue weighted by Gasteiger charge is 2.05. The van der Waals surface area contributed by atoms with Crippen LogP contribution in [0, 0.1) is 5.92 Å². The van der Waals surface area contributed by atoms with E-state index in [1.165, 1.54) is 25.7 Å². The Labute approximate surface area is 82.8 Å². The summed E-state index contributed by atoms with van der Waals surface area (Å²) in [7, 11) is 0. The van der Waals surface area contributed by atoms with Crippen LogP contribution in [0.15, 0.2) is 0 Å². The molecule has 2 heteroatoms. The van der Waals surface area contributed by atoms with Gasteiger partial charge in [-0.2, -0.15) is 0 Å². The van der Waals surface area contributed by atoms with Crippen LogP contribution in [0.2, 0.25) is 0 Å². The molecular weight excluding hydrogens is 162 g/mol. The van der Waals surface area contributed by atoms with Gasteiger partial charge in [-0.05, 0) is 19.3 Å². The summed E-state index contributed by atoms with van der Waals surface area (Å²) in [6.45, 7) is 8.03. The van der Waals surface area contributed by atoms with Gasteiger partial charge in [-0.1, -0.05) is 33.1 Å². The van der Waals surface area contributed by atoms with Crippen LogP contribution in [0.1, 0.15) is 46.5 Å². The largest absolute Gasteiger partial charge is 0.380 e. The van der Waals surface area contributed by atoms with Crippen molar-refractivity contribution in [2.75, 3.05) is 13.2 Å². The standard InChI is InChI=1S/C11H25NO/c1-4-6-7-11(5-2)9-13-8-10(3)12/h10-11H,4-9,12H2,1-3H3. The summed E-state index contributed by atoms with van der Waals surface area (Å²) in [4.78, 5) is 0. The summed E-state index contributed by atoms with van der Waals surface area (Å²) in [5.74, 6) is 0.735. The first-order valence-electron chi connectivity index (χ1n) is 5.54.